The lowest BCUT2D eigenvalue weighted by Crippen LogP contribution is -2.44. The van der Waals surface area contributed by atoms with Gasteiger partial charge in [-0.05, 0) is 37.8 Å². The fourth-order valence-electron chi connectivity index (χ4n) is 3.32. The number of ether oxygens (including phenoxy) is 1. The van der Waals surface area contributed by atoms with Gasteiger partial charge in [-0.15, -0.1) is 0 Å². The van der Waals surface area contributed by atoms with Gasteiger partial charge in [0.1, 0.15) is 12.1 Å². The highest BCUT2D eigenvalue weighted by Gasteiger charge is 2.47. The summed E-state index contributed by atoms with van der Waals surface area (Å²) in [6.07, 6.45) is 2.16. The molecule has 3 rings (SSSR count). The quantitative estimate of drug-likeness (QED) is 0.619. The Hall–Kier alpha value is -2.90. The number of para-hydroxylation sites is 1. The van der Waals surface area contributed by atoms with Crippen molar-refractivity contribution in [3.05, 3.63) is 29.8 Å². The predicted molar refractivity (Wildman–Crippen MR) is 97.0 cm³/mol. The highest BCUT2D eigenvalue weighted by molar-refractivity contribution is 6.08. The number of nitrogens with zero attached hydrogens (tertiary/aromatic N) is 2. The Balaban J connectivity index is 1.57. The average molecular weight is 373 g/mol. The maximum atomic E-state index is 12.5. The van der Waals surface area contributed by atoms with Crippen LogP contribution in [0, 0.1) is 0 Å². The summed E-state index contributed by atoms with van der Waals surface area (Å²) in [6, 6.07) is 7.00. The van der Waals surface area contributed by atoms with Crippen LogP contribution in [0.25, 0.3) is 0 Å². The van der Waals surface area contributed by atoms with Crippen LogP contribution in [0.5, 0.6) is 0 Å². The zero-order chi connectivity index (χ0) is 19.6. The van der Waals surface area contributed by atoms with Crippen molar-refractivity contribution < 1.29 is 23.9 Å². The molecule has 1 N–H and O–H groups in total. The zero-order valence-electron chi connectivity index (χ0n) is 15.5. The van der Waals surface area contributed by atoms with Gasteiger partial charge in [0.2, 0.25) is 0 Å². The normalized spacial score (nSPS) is 21.7. The minimum atomic E-state index is -1.01. The van der Waals surface area contributed by atoms with E-state index in [4.69, 9.17) is 4.74 Å². The molecule has 0 radical (unpaired) electrons. The summed E-state index contributed by atoms with van der Waals surface area (Å²) in [6.45, 7) is 3.01. The van der Waals surface area contributed by atoms with Crippen molar-refractivity contribution in [2.75, 3.05) is 24.6 Å². The van der Waals surface area contributed by atoms with Gasteiger partial charge in [0.25, 0.3) is 11.8 Å². The Labute approximate surface area is 157 Å². The van der Waals surface area contributed by atoms with Crippen molar-refractivity contribution in [1.82, 2.24) is 10.2 Å². The Bertz CT molecular complexity index is 793. The molecule has 0 spiro atoms. The van der Waals surface area contributed by atoms with Crippen LogP contribution in [0.3, 0.4) is 0 Å². The van der Waals surface area contributed by atoms with Crippen LogP contribution < -0.4 is 10.2 Å². The van der Waals surface area contributed by atoms with Gasteiger partial charge in [0, 0.05) is 12.2 Å². The van der Waals surface area contributed by atoms with E-state index in [1.807, 2.05) is 24.3 Å². The number of benzene rings is 1. The van der Waals surface area contributed by atoms with Crippen molar-refractivity contribution >= 4 is 29.5 Å². The van der Waals surface area contributed by atoms with Crippen LogP contribution >= 0.6 is 0 Å². The molecule has 144 valence electrons. The van der Waals surface area contributed by atoms with E-state index >= 15 is 0 Å². The first-order chi connectivity index (χ1) is 12.9. The number of aryl methyl sites for hydroxylation is 1. The molecular formula is C19H23N3O5. The predicted octanol–water partition coefficient (Wildman–Crippen LogP) is 1.23. The topological polar surface area (TPSA) is 96.0 Å². The van der Waals surface area contributed by atoms with Gasteiger partial charge >= 0.3 is 12.0 Å². The van der Waals surface area contributed by atoms with Gasteiger partial charge in [-0.1, -0.05) is 25.1 Å². The van der Waals surface area contributed by atoms with Gasteiger partial charge in [-0.2, -0.15) is 0 Å². The van der Waals surface area contributed by atoms with Gasteiger partial charge in [-0.3, -0.25) is 19.3 Å². The molecule has 27 heavy (non-hydrogen) atoms. The minimum Gasteiger partial charge on any atom is -0.454 e. The number of hydrogen-bond acceptors (Lipinski definition) is 5. The summed E-state index contributed by atoms with van der Waals surface area (Å²) in [4.78, 5) is 51.2. The Morgan fingerprint density at radius 3 is 2.70 bits per heavy atom. The van der Waals surface area contributed by atoms with E-state index in [0.29, 0.717) is 13.0 Å². The first-order valence-corrected chi connectivity index (χ1v) is 9.03. The number of rotatable bonds is 5. The number of imide groups is 1. The van der Waals surface area contributed by atoms with Crippen LogP contribution in [-0.4, -0.2) is 54.0 Å². The molecule has 2 aliphatic heterocycles. The first-order valence-electron chi connectivity index (χ1n) is 9.03. The van der Waals surface area contributed by atoms with Crippen molar-refractivity contribution in [1.29, 1.82) is 0 Å². The number of carbonyl (C=O) groups excluding carboxylic acids is 4. The molecule has 8 nitrogen and oxygen atoms in total. The first kappa shape index (κ1) is 18.9. The molecule has 2 heterocycles. The lowest BCUT2D eigenvalue weighted by Gasteiger charge is -2.29. The summed E-state index contributed by atoms with van der Waals surface area (Å²) < 4.78 is 5.03. The molecule has 1 saturated heterocycles. The summed E-state index contributed by atoms with van der Waals surface area (Å²) in [5.74, 6) is -1.59. The van der Waals surface area contributed by atoms with Crippen molar-refractivity contribution in [3.8, 4) is 0 Å². The van der Waals surface area contributed by atoms with Crippen molar-refractivity contribution in [2.45, 2.75) is 38.6 Å². The van der Waals surface area contributed by atoms with Crippen LogP contribution in [-0.2, 0) is 25.5 Å². The number of anilines is 1. The molecular weight excluding hydrogens is 350 g/mol. The third-order valence-electron chi connectivity index (χ3n) is 5.11. The summed E-state index contributed by atoms with van der Waals surface area (Å²) >= 11 is 0. The number of hydrogen-bond donors (Lipinski definition) is 1. The third-order valence-corrected chi connectivity index (χ3v) is 5.11. The molecule has 1 aromatic carbocycles. The van der Waals surface area contributed by atoms with Crippen molar-refractivity contribution in [3.63, 3.8) is 0 Å². The van der Waals surface area contributed by atoms with Gasteiger partial charge in [-0.25, -0.2) is 4.79 Å². The Morgan fingerprint density at radius 2 is 2.00 bits per heavy atom. The maximum Gasteiger partial charge on any atom is 0.326 e. The van der Waals surface area contributed by atoms with Crippen LogP contribution in [0.2, 0.25) is 0 Å². The van der Waals surface area contributed by atoms with Crippen LogP contribution in [0.4, 0.5) is 10.5 Å². The number of urea groups is 1. The highest BCUT2D eigenvalue weighted by Crippen LogP contribution is 2.26. The molecule has 1 fully saturated rings. The molecule has 4 amide bonds. The maximum absolute atomic E-state index is 12.5. The molecule has 2 aliphatic rings. The van der Waals surface area contributed by atoms with E-state index in [-0.39, 0.29) is 5.91 Å². The number of carbonyl (C=O) groups is 4. The van der Waals surface area contributed by atoms with Crippen LogP contribution in [0.15, 0.2) is 24.3 Å². The van der Waals surface area contributed by atoms with Gasteiger partial charge in [0.05, 0.1) is 0 Å². The van der Waals surface area contributed by atoms with E-state index < -0.39 is 36.6 Å². The van der Waals surface area contributed by atoms with Crippen molar-refractivity contribution in [2.24, 2.45) is 0 Å². The third kappa shape index (κ3) is 3.65. The molecule has 8 heteroatoms. The van der Waals surface area contributed by atoms with E-state index in [9.17, 15) is 19.2 Å². The SMILES string of the molecule is CC[C@@]1(C)NC(=O)N(CC(=O)OCC(=O)N2CCCc3ccccc32)C1=O. The second kappa shape index (κ2) is 7.38. The number of nitrogens with one attached hydrogen (secondary N) is 1. The second-order valence-electron chi connectivity index (χ2n) is 6.95. The second-order valence-corrected chi connectivity index (χ2v) is 6.95. The van der Waals surface area contributed by atoms with Gasteiger partial charge < -0.3 is 15.0 Å². The highest BCUT2D eigenvalue weighted by atomic mass is 16.5. The molecule has 0 unspecified atom stereocenters. The Morgan fingerprint density at radius 1 is 1.26 bits per heavy atom. The van der Waals surface area contributed by atoms with E-state index in [1.54, 1.807) is 18.7 Å². The Kier molecular flexibility index (Phi) is 5.16. The average Bonchev–Trinajstić information content (AvgIpc) is 2.89. The molecule has 1 atom stereocenters. The summed E-state index contributed by atoms with van der Waals surface area (Å²) in [7, 11) is 0. The smallest absolute Gasteiger partial charge is 0.326 e. The lowest BCUT2D eigenvalue weighted by molar-refractivity contribution is -0.150. The van der Waals surface area contributed by atoms with E-state index in [1.165, 1.54) is 0 Å². The monoisotopic (exact) mass is 373 g/mol. The summed E-state index contributed by atoms with van der Waals surface area (Å²) in [5, 5.41) is 2.57. The molecule has 1 aromatic rings. The fourth-order valence-corrected chi connectivity index (χ4v) is 3.32. The molecule has 0 saturated carbocycles. The van der Waals surface area contributed by atoms with E-state index in [2.05, 4.69) is 5.32 Å². The largest absolute Gasteiger partial charge is 0.454 e. The van der Waals surface area contributed by atoms with Gasteiger partial charge in [0.15, 0.2) is 6.61 Å². The minimum absolute atomic E-state index is 0.328. The lowest BCUT2D eigenvalue weighted by atomic mass is 9.99. The standard InChI is InChI=1S/C19H23N3O5/c1-3-19(2)17(25)22(18(26)20-19)11-16(24)27-12-15(23)21-10-6-8-13-7-4-5-9-14(13)21/h4-5,7,9H,3,6,8,10-12H2,1-2H3,(H,20,26)/t19-/m1/s1. The molecule has 0 aliphatic carbocycles. The molecule has 0 bridgehead atoms. The fraction of sp³-hybridized carbons (Fsp3) is 0.474. The number of fused-ring (bicyclic) bond motifs is 1. The van der Waals surface area contributed by atoms with Crippen LogP contribution in [0.1, 0.15) is 32.3 Å². The van der Waals surface area contributed by atoms with E-state index in [0.717, 1.165) is 29.0 Å². The summed E-state index contributed by atoms with van der Waals surface area (Å²) in [5.41, 5.74) is 0.907. The zero-order valence-corrected chi connectivity index (χ0v) is 15.5. The number of amides is 4. The molecule has 0 aromatic heterocycles. The number of esters is 1.